The minimum absolute atomic E-state index is 0.0254. The summed E-state index contributed by atoms with van der Waals surface area (Å²) in [5.41, 5.74) is 3.56. The molecule has 1 aromatic rings. The van der Waals surface area contributed by atoms with Gasteiger partial charge in [-0.3, -0.25) is 5.43 Å². The molecule has 0 amide bonds. The Morgan fingerprint density at radius 2 is 2.28 bits per heavy atom. The van der Waals surface area contributed by atoms with Crippen LogP contribution in [0.5, 0.6) is 5.75 Å². The molecule has 0 aromatic heterocycles. The van der Waals surface area contributed by atoms with Gasteiger partial charge in [0, 0.05) is 19.2 Å². The van der Waals surface area contributed by atoms with E-state index in [1.165, 1.54) is 20.4 Å². The van der Waals surface area contributed by atoms with Crippen molar-refractivity contribution < 1.29 is 19.4 Å². The Labute approximate surface area is 105 Å². The molecule has 6 nitrogen and oxygen atoms in total. The molecule has 0 radical (unpaired) electrons. The SMILES string of the molecule is COC(=O)c1cc(OC)ccc1N/N=C/CCO. The molecular weight excluding hydrogens is 236 g/mol. The van der Waals surface area contributed by atoms with E-state index in [4.69, 9.17) is 9.84 Å². The fraction of sp³-hybridized carbons (Fsp3) is 0.333. The first-order chi connectivity index (χ1) is 8.72. The maximum atomic E-state index is 11.6. The first kappa shape index (κ1) is 14.0. The van der Waals surface area contributed by atoms with Gasteiger partial charge in [-0.15, -0.1) is 0 Å². The van der Waals surface area contributed by atoms with Crippen molar-refractivity contribution in [3.63, 3.8) is 0 Å². The Morgan fingerprint density at radius 3 is 2.89 bits per heavy atom. The minimum atomic E-state index is -0.478. The van der Waals surface area contributed by atoms with Gasteiger partial charge in [-0.25, -0.2) is 4.79 Å². The molecule has 0 saturated carbocycles. The van der Waals surface area contributed by atoms with Crippen LogP contribution in [0.4, 0.5) is 5.69 Å². The first-order valence-electron chi connectivity index (χ1n) is 5.37. The maximum Gasteiger partial charge on any atom is 0.340 e. The van der Waals surface area contributed by atoms with Gasteiger partial charge in [0.15, 0.2) is 0 Å². The summed E-state index contributed by atoms with van der Waals surface area (Å²) >= 11 is 0. The Hall–Kier alpha value is -2.08. The zero-order valence-corrected chi connectivity index (χ0v) is 10.3. The van der Waals surface area contributed by atoms with Crippen molar-refractivity contribution in [1.29, 1.82) is 0 Å². The molecule has 0 heterocycles. The van der Waals surface area contributed by atoms with Crippen molar-refractivity contribution in [2.75, 3.05) is 26.3 Å². The zero-order valence-electron chi connectivity index (χ0n) is 10.3. The van der Waals surface area contributed by atoms with Gasteiger partial charge in [-0.05, 0) is 18.2 Å². The standard InChI is InChI=1S/C12H16N2O4/c1-17-9-4-5-11(14-13-6-3-7-15)10(8-9)12(16)18-2/h4-6,8,14-15H,3,7H2,1-2H3/b13-6+. The number of anilines is 1. The molecule has 0 saturated heterocycles. The average Bonchev–Trinajstić information content (AvgIpc) is 2.42. The Balaban J connectivity index is 2.91. The van der Waals surface area contributed by atoms with Crippen LogP contribution in [0.15, 0.2) is 23.3 Å². The number of nitrogens with zero attached hydrogens (tertiary/aromatic N) is 1. The summed E-state index contributed by atoms with van der Waals surface area (Å²) < 4.78 is 9.72. The number of hydrogen-bond acceptors (Lipinski definition) is 6. The Morgan fingerprint density at radius 1 is 1.50 bits per heavy atom. The van der Waals surface area contributed by atoms with E-state index in [9.17, 15) is 4.79 Å². The lowest BCUT2D eigenvalue weighted by Crippen LogP contribution is -2.06. The van der Waals surface area contributed by atoms with Gasteiger partial charge in [-0.2, -0.15) is 5.10 Å². The van der Waals surface area contributed by atoms with Crippen molar-refractivity contribution in [3.8, 4) is 5.75 Å². The summed E-state index contributed by atoms with van der Waals surface area (Å²) in [6, 6.07) is 4.94. The second kappa shape index (κ2) is 7.29. The van der Waals surface area contributed by atoms with E-state index in [1.807, 2.05) is 0 Å². The van der Waals surface area contributed by atoms with Crippen LogP contribution >= 0.6 is 0 Å². The van der Waals surface area contributed by atoms with Crippen LogP contribution in [-0.2, 0) is 4.74 Å². The molecule has 0 unspecified atom stereocenters. The number of carbonyl (C=O) groups excluding carboxylic acids is 1. The molecule has 98 valence electrons. The number of esters is 1. The smallest absolute Gasteiger partial charge is 0.340 e. The number of aliphatic hydroxyl groups is 1. The van der Waals surface area contributed by atoms with Gasteiger partial charge in [0.1, 0.15) is 5.75 Å². The van der Waals surface area contributed by atoms with Crippen molar-refractivity contribution in [1.82, 2.24) is 0 Å². The molecule has 0 aliphatic carbocycles. The third-order valence-electron chi connectivity index (χ3n) is 2.17. The highest BCUT2D eigenvalue weighted by atomic mass is 16.5. The first-order valence-corrected chi connectivity index (χ1v) is 5.37. The summed E-state index contributed by atoms with van der Waals surface area (Å²) in [4.78, 5) is 11.6. The van der Waals surface area contributed by atoms with E-state index in [-0.39, 0.29) is 6.61 Å². The van der Waals surface area contributed by atoms with E-state index >= 15 is 0 Å². The van der Waals surface area contributed by atoms with Gasteiger partial charge < -0.3 is 14.6 Å². The highest BCUT2D eigenvalue weighted by molar-refractivity contribution is 5.96. The van der Waals surface area contributed by atoms with Gasteiger partial charge in [0.2, 0.25) is 0 Å². The predicted octanol–water partition coefficient (Wildman–Crippen LogP) is 1.26. The number of hydrazone groups is 1. The number of aliphatic hydroxyl groups excluding tert-OH is 1. The molecule has 0 fully saturated rings. The van der Waals surface area contributed by atoms with Crippen LogP contribution in [0.3, 0.4) is 0 Å². The van der Waals surface area contributed by atoms with Crippen LogP contribution in [0, 0.1) is 0 Å². The van der Waals surface area contributed by atoms with E-state index in [2.05, 4.69) is 15.3 Å². The fourth-order valence-electron chi connectivity index (χ4n) is 1.26. The Kier molecular flexibility index (Phi) is 5.66. The lowest BCUT2D eigenvalue weighted by atomic mass is 10.1. The van der Waals surface area contributed by atoms with Crippen LogP contribution < -0.4 is 10.2 Å². The summed E-state index contributed by atoms with van der Waals surface area (Å²) in [5, 5.41) is 12.5. The predicted molar refractivity (Wildman–Crippen MR) is 68.2 cm³/mol. The molecule has 0 aliphatic heterocycles. The average molecular weight is 252 g/mol. The van der Waals surface area contributed by atoms with Crippen LogP contribution in [0.25, 0.3) is 0 Å². The molecule has 6 heteroatoms. The van der Waals surface area contributed by atoms with Crippen molar-refractivity contribution >= 4 is 17.9 Å². The normalized spacial score (nSPS) is 10.4. The molecule has 18 heavy (non-hydrogen) atoms. The highest BCUT2D eigenvalue weighted by Crippen LogP contribution is 2.22. The van der Waals surface area contributed by atoms with Crippen LogP contribution in [0.2, 0.25) is 0 Å². The second-order valence-corrected chi connectivity index (χ2v) is 3.34. The van der Waals surface area contributed by atoms with Crippen molar-refractivity contribution in [2.24, 2.45) is 5.10 Å². The number of hydrogen-bond donors (Lipinski definition) is 2. The molecule has 2 N–H and O–H groups in total. The van der Waals surface area contributed by atoms with Gasteiger partial charge >= 0.3 is 5.97 Å². The van der Waals surface area contributed by atoms with E-state index in [0.29, 0.717) is 23.4 Å². The molecule has 1 aromatic carbocycles. The zero-order chi connectivity index (χ0) is 13.4. The van der Waals surface area contributed by atoms with Crippen molar-refractivity contribution in [3.05, 3.63) is 23.8 Å². The number of carbonyl (C=O) groups is 1. The summed E-state index contributed by atoms with van der Waals surface area (Å²) in [6.45, 7) is 0.0254. The van der Waals surface area contributed by atoms with Crippen molar-refractivity contribution in [2.45, 2.75) is 6.42 Å². The number of methoxy groups -OCH3 is 2. The van der Waals surface area contributed by atoms with E-state index in [1.54, 1.807) is 18.2 Å². The Bertz CT molecular complexity index is 432. The molecule has 1 rings (SSSR count). The van der Waals surface area contributed by atoms with E-state index < -0.39 is 5.97 Å². The monoisotopic (exact) mass is 252 g/mol. The number of nitrogens with one attached hydrogen (secondary N) is 1. The molecular formula is C12H16N2O4. The molecule has 0 aliphatic rings. The minimum Gasteiger partial charge on any atom is -0.497 e. The molecule has 0 spiro atoms. The lowest BCUT2D eigenvalue weighted by molar-refractivity contribution is 0.0601. The summed E-state index contributed by atoms with van der Waals surface area (Å²) in [5.74, 6) is 0.0778. The van der Waals surface area contributed by atoms with Crippen LogP contribution in [-0.4, -0.2) is 38.1 Å². The lowest BCUT2D eigenvalue weighted by Gasteiger charge is -2.09. The fourth-order valence-corrected chi connectivity index (χ4v) is 1.26. The number of ether oxygens (including phenoxy) is 2. The quantitative estimate of drug-likeness (QED) is 0.452. The largest absolute Gasteiger partial charge is 0.497 e. The van der Waals surface area contributed by atoms with E-state index in [0.717, 1.165) is 0 Å². The van der Waals surface area contributed by atoms with Gasteiger partial charge in [0.05, 0.1) is 25.5 Å². The topological polar surface area (TPSA) is 80.2 Å². The summed E-state index contributed by atoms with van der Waals surface area (Å²) in [7, 11) is 2.82. The van der Waals surface area contributed by atoms with Gasteiger partial charge in [-0.1, -0.05) is 0 Å². The third kappa shape index (κ3) is 3.74. The van der Waals surface area contributed by atoms with Crippen LogP contribution in [0.1, 0.15) is 16.8 Å². The maximum absolute atomic E-state index is 11.6. The highest BCUT2D eigenvalue weighted by Gasteiger charge is 2.12. The number of benzene rings is 1. The molecule has 0 atom stereocenters. The second-order valence-electron chi connectivity index (χ2n) is 3.34. The number of rotatable bonds is 6. The molecule has 0 bridgehead atoms. The third-order valence-corrected chi connectivity index (χ3v) is 2.17. The summed E-state index contributed by atoms with van der Waals surface area (Å²) in [6.07, 6.45) is 1.96. The van der Waals surface area contributed by atoms with Gasteiger partial charge in [0.25, 0.3) is 0 Å².